The fraction of sp³-hybridized carbons (Fsp3) is 0.567. The van der Waals surface area contributed by atoms with Gasteiger partial charge in [0.05, 0.1) is 24.7 Å². The molecule has 2 heterocycles. The van der Waals surface area contributed by atoms with Gasteiger partial charge in [-0.1, -0.05) is 25.8 Å². The lowest BCUT2D eigenvalue weighted by molar-refractivity contribution is -0.149. The number of carbonyl (C=O) groups is 3. The van der Waals surface area contributed by atoms with Gasteiger partial charge in [0.2, 0.25) is 11.8 Å². The van der Waals surface area contributed by atoms with Gasteiger partial charge in [-0.05, 0) is 58.6 Å². The molecule has 1 aromatic carbocycles. The molecule has 1 aromatic heterocycles. The second-order valence-corrected chi connectivity index (χ2v) is 11.1. The highest BCUT2D eigenvalue weighted by Gasteiger charge is 2.43. The molecule has 11 nitrogen and oxygen atoms in total. The number of unbranched alkanes of at least 4 members (excludes halogenated alkanes) is 3. The summed E-state index contributed by atoms with van der Waals surface area (Å²) >= 11 is 0. The van der Waals surface area contributed by atoms with Crippen LogP contribution in [0.15, 0.2) is 30.9 Å². The van der Waals surface area contributed by atoms with Gasteiger partial charge in [-0.2, -0.15) is 0 Å². The minimum absolute atomic E-state index is 0.0275. The maximum atomic E-state index is 13.7. The molecule has 1 fully saturated rings. The average Bonchev–Trinajstić information content (AvgIpc) is 3.34. The quantitative estimate of drug-likeness (QED) is 0.260. The number of rotatable bonds is 13. The summed E-state index contributed by atoms with van der Waals surface area (Å²) in [5.41, 5.74) is 1.14. The summed E-state index contributed by atoms with van der Waals surface area (Å²) in [6.07, 6.45) is 4.72. The van der Waals surface area contributed by atoms with E-state index in [-0.39, 0.29) is 13.0 Å². The van der Waals surface area contributed by atoms with Crippen molar-refractivity contribution in [1.82, 2.24) is 20.2 Å². The van der Waals surface area contributed by atoms with Gasteiger partial charge in [-0.3, -0.25) is 4.79 Å². The Hall–Kier alpha value is -3.89. The fourth-order valence-corrected chi connectivity index (χ4v) is 4.75. The van der Waals surface area contributed by atoms with Gasteiger partial charge in [0, 0.05) is 12.5 Å². The standard InChI is InChI=1S/C30H42N4O7/c1-7-9-10-11-12-13-23(33-29(38)41-30(3,4)5)27(35)34-18-20(17-25(34)28(36)37)40-26-21(8-2)31-22-15-14-19(39-6)16-24(22)32-26/h7,14-16,20,23,25H,1,8-13,17-18H2,2-6H3,(H,33,38)(H,36,37)/t20-,23?,25+/m1/s1. The molecule has 3 rings (SSSR count). The zero-order valence-corrected chi connectivity index (χ0v) is 24.6. The van der Waals surface area contributed by atoms with Crippen LogP contribution in [0.4, 0.5) is 4.79 Å². The molecule has 1 unspecified atom stereocenters. The van der Waals surface area contributed by atoms with E-state index < -0.39 is 41.8 Å². The number of carboxylic acids is 1. The van der Waals surface area contributed by atoms with Crippen LogP contribution >= 0.6 is 0 Å². The number of benzene rings is 1. The molecule has 11 heteroatoms. The van der Waals surface area contributed by atoms with Gasteiger partial charge in [0.15, 0.2) is 0 Å². The first kappa shape index (κ1) is 31.6. The number of aromatic nitrogens is 2. The third-order valence-electron chi connectivity index (χ3n) is 6.74. The van der Waals surface area contributed by atoms with Crippen molar-refractivity contribution < 1.29 is 33.7 Å². The smallest absolute Gasteiger partial charge is 0.408 e. The maximum Gasteiger partial charge on any atom is 0.408 e. The lowest BCUT2D eigenvalue weighted by Crippen LogP contribution is -2.52. The molecule has 0 saturated carbocycles. The van der Waals surface area contributed by atoms with Crippen molar-refractivity contribution in [1.29, 1.82) is 0 Å². The summed E-state index contributed by atoms with van der Waals surface area (Å²) in [5, 5.41) is 12.7. The number of alkyl carbamates (subject to hydrolysis) is 1. The van der Waals surface area contributed by atoms with Gasteiger partial charge in [0.1, 0.15) is 35.2 Å². The number of amides is 2. The van der Waals surface area contributed by atoms with E-state index in [1.807, 2.05) is 19.1 Å². The lowest BCUT2D eigenvalue weighted by Gasteiger charge is -2.28. The number of nitrogens with one attached hydrogen (secondary N) is 1. The normalized spacial score (nSPS) is 17.6. The zero-order chi connectivity index (χ0) is 30.2. The lowest BCUT2D eigenvalue weighted by atomic mass is 10.1. The molecular formula is C30H42N4O7. The molecule has 2 N–H and O–H groups in total. The van der Waals surface area contributed by atoms with Crippen LogP contribution in [0, 0.1) is 0 Å². The van der Waals surface area contributed by atoms with Crippen molar-refractivity contribution >= 4 is 29.0 Å². The Morgan fingerprint density at radius 2 is 1.95 bits per heavy atom. The van der Waals surface area contributed by atoms with Gasteiger partial charge < -0.3 is 29.5 Å². The summed E-state index contributed by atoms with van der Waals surface area (Å²) in [6, 6.07) is 3.32. The molecular weight excluding hydrogens is 528 g/mol. The molecule has 1 aliphatic rings. The minimum atomic E-state index is -1.14. The Balaban J connectivity index is 1.81. The Morgan fingerprint density at radius 1 is 1.20 bits per heavy atom. The van der Waals surface area contributed by atoms with Gasteiger partial charge in [-0.25, -0.2) is 19.6 Å². The second kappa shape index (κ2) is 14.1. The van der Waals surface area contributed by atoms with Crippen LogP contribution in [0.5, 0.6) is 11.6 Å². The SMILES string of the molecule is C=CCCCCCC(NC(=O)OC(C)(C)C)C(=O)N1C[C@H](Oc2nc3cc(OC)ccc3nc2CC)C[C@H]1C(=O)O. The van der Waals surface area contributed by atoms with E-state index in [4.69, 9.17) is 14.2 Å². The molecule has 2 amide bonds. The van der Waals surface area contributed by atoms with E-state index in [1.165, 1.54) is 4.90 Å². The van der Waals surface area contributed by atoms with Crippen LogP contribution in [-0.2, 0) is 20.7 Å². The van der Waals surface area contributed by atoms with Crippen LogP contribution in [0.1, 0.15) is 71.9 Å². The number of carboxylic acid groups (broad SMARTS) is 1. The van der Waals surface area contributed by atoms with Crippen molar-refractivity contribution in [3.05, 3.63) is 36.5 Å². The molecule has 224 valence electrons. The van der Waals surface area contributed by atoms with Gasteiger partial charge in [0.25, 0.3) is 0 Å². The first-order valence-corrected chi connectivity index (χ1v) is 14.1. The molecule has 2 aromatic rings. The van der Waals surface area contributed by atoms with Crippen molar-refractivity contribution in [3.63, 3.8) is 0 Å². The number of fused-ring (bicyclic) bond motifs is 1. The van der Waals surface area contributed by atoms with Crippen LogP contribution in [-0.4, -0.2) is 75.4 Å². The summed E-state index contributed by atoms with van der Waals surface area (Å²) in [5.74, 6) is -0.708. The topological polar surface area (TPSA) is 140 Å². The highest BCUT2D eigenvalue weighted by atomic mass is 16.6. The van der Waals surface area contributed by atoms with Crippen molar-refractivity contribution in [2.75, 3.05) is 13.7 Å². The first-order chi connectivity index (χ1) is 19.4. The average molecular weight is 571 g/mol. The molecule has 3 atom stereocenters. The van der Waals surface area contributed by atoms with Crippen LogP contribution in [0.3, 0.4) is 0 Å². The Morgan fingerprint density at radius 3 is 2.59 bits per heavy atom. The van der Waals surface area contributed by atoms with Crippen LogP contribution in [0.2, 0.25) is 0 Å². The largest absolute Gasteiger partial charge is 0.497 e. The van der Waals surface area contributed by atoms with E-state index >= 15 is 0 Å². The maximum absolute atomic E-state index is 13.7. The Labute approximate surface area is 241 Å². The summed E-state index contributed by atoms with van der Waals surface area (Å²) in [6.45, 7) is 10.9. The van der Waals surface area contributed by atoms with E-state index in [0.29, 0.717) is 47.6 Å². The highest BCUT2D eigenvalue weighted by Crippen LogP contribution is 2.28. The van der Waals surface area contributed by atoms with Crippen molar-refractivity contribution in [2.24, 2.45) is 0 Å². The second-order valence-electron chi connectivity index (χ2n) is 11.1. The number of aliphatic carboxylic acids is 1. The molecule has 1 saturated heterocycles. The van der Waals surface area contributed by atoms with E-state index in [1.54, 1.807) is 40.0 Å². The van der Waals surface area contributed by atoms with Crippen LogP contribution in [0.25, 0.3) is 11.0 Å². The van der Waals surface area contributed by atoms with E-state index in [2.05, 4.69) is 21.9 Å². The highest BCUT2D eigenvalue weighted by molar-refractivity contribution is 5.90. The van der Waals surface area contributed by atoms with Crippen LogP contribution < -0.4 is 14.8 Å². The van der Waals surface area contributed by atoms with E-state index in [0.717, 1.165) is 19.3 Å². The number of allylic oxidation sites excluding steroid dienone is 1. The Bertz CT molecular complexity index is 1240. The fourth-order valence-electron chi connectivity index (χ4n) is 4.75. The number of aryl methyl sites for hydroxylation is 1. The monoisotopic (exact) mass is 570 g/mol. The molecule has 0 radical (unpaired) electrons. The number of nitrogens with zero attached hydrogens (tertiary/aromatic N) is 3. The van der Waals surface area contributed by atoms with Crippen molar-refractivity contribution in [3.8, 4) is 11.6 Å². The minimum Gasteiger partial charge on any atom is -0.497 e. The van der Waals surface area contributed by atoms with E-state index in [9.17, 15) is 19.5 Å². The molecule has 0 spiro atoms. The third-order valence-corrected chi connectivity index (χ3v) is 6.74. The molecule has 1 aliphatic heterocycles. The zero-order valence-electron chi connectivity index (χ0n) is 24.6. The summed E-state index contributed by atoms with van der Waals surface area (Å²) < 4.78 is 16.9. The van der Waals surface area contributed by atoms with Gasteiger partial charge in [-0.15, -0.1) is 6.58 Å². The Kier molecular flexibility index (Phi) is 10.9. The predicted molar refractivity (Wildman–Crippen MR) is 154 cm³/mol. The third kappa shape index (κ3) is 8.80. The number of hydrogen-bond acceptors (Lipinski definition) is 8. The number of methoxy groups -OCH3 is 1. The predicted octanol–water partition coefficient (Wildman–Crippen LogP) is 4.66. The van der Waals surface area contributed by atoms with Gasteiger partial charge >= 0.3 is 12.1 Å². The number of carbonyl (C=O) groups excluding carboxylic acids is 2. The number of likely N-dealkylation sites (tertiary alicyclic amines) is 1. The summed E-state index contributed by atoms with van der Waals surface area (Å²) in [4.78, 5) is 49.1. The number of hydrogen-bond donors (Lipinski definition) is 2. The summed E-state index contributed by atoms with van der Waals surface area (Å²) in [7, 11) is 1.56. The molecule has 0 bridgehead atoms. The number of ether oxygens (including phenoxy) is 3. The molecule has 0 aliphatic carbocycles. The van der Waals surface area contributed by atoms with Crippen molar-refractivity contribution in [2.45, 2.75) is 96.4 Å². The molecule has 41 heavy (non-hydrogen) atoms. The first-order valence-electron chi connectivity index (χ1n) is 14.1.